The zero-order valence-corrected chi connectivity index (χ0v) is 21.7. The van der Waals surface area contributed by atoms with Crippen LogP contribution in [0.3, 0.4) is 0 Å². The van der Waals surface area contributed by atoms with Crippen LogP contribution in [-0.2, 0) is 16.6 Å². The summed E-state index contributed by atoms with van der Waals surface area (Å²) in [5, 5.41) is 13.0. The maximum atomic E-state index is 14.4. The lowest BCUT2D eigenvalue weighted by molar-refractivity contribution is 0.566. The Balaban J connectivity index is 1.61. The van der Waals surface area contributed by atoms with Crippen molar-refractivity contribution in [3.63, 3.8) is 0 Å². The number of hydrogen-bond donors (Lipinski definition) is 1. The molecule has 4 aromatic rings. The van der Waals surface area contributed by atoms with Crippen LogP contribution in [0.5, 0.6) is 0 Å². The summed E-state index contributed by atoms with van der Waals surface area (Å²) in [6.45, 7) is 6.44. The largest absolute Gasteiger partial charge is 0.271 e. The van der Waals surface area contributed by atoms with E-state index < -0.39 is 21.7 Å². The van der Waals surface area contributed by atoms with Gasteiger partial charge in [-0.15, -0.1) is 0 Å². The quantitative estimate of drug-likeness (QED) is 0.351. The first-order valence-corrected chi connectivity index (χ1v) is 13.5. The summed E-state index contributed by atoms with van der Waals surface area (Å²) in [5.41, 5.74) is 3.12. The van der Waals surface area contributed by atoms with Crippen LogP contribution in [0.4, 0.5) is 8.78 Å². The van der Waals surface area contributed by atoms with Crippen molar-refractivity contribution < 1.29 is 17.2 Å². The minimum Gasteiger partial charge on any atom is -0.271 e. The molecule has 37 heavy (non-hydrogen) atoms. The Labute approximate surface area is 214 Å². The minimum absolute atomic E-state index is 0.00826. The molecule has 3 heterocycles. The van der Waals surface area contributed by atoms with Gasteiger partial charge in [0.15, 0.2) is 0 Å². The molecule has 0 saturated heterocycles. The van der Waals surface area contributed by atoms with Gasteiger partial charge in [0.05, 0.1) is 41.6 Å². The van der Waals surface area contributed by atoms with E-state index in [9.17, 15) is 17.2 Å². The number of nitrogens with zero attached hydrogens (tertiary/aromatic N) is 6. The van der Waals surface area contributed by atoms with Gasteiger partial charge in [-0.2, -0.15) is 15.3 Å². The summed E-state index contributed by atoms with van der Waals surface area (Å²) >= 11 is 0. The van der Waals surface area contributed by atoms with E-state index in [-0.39, 0.29) is 29.6 Å². The maximum Gasteiger partial charge on any atom is 0.208 e. The molecule has 0 fully saturated rings. The molecule has 0 saturated carbocycles. The number of halogens is 2. The molecule has 12 heteroatoms. The predicted molar refractivity (Wildman–Crippen MR) is 135 cm³/mol. The van der Waals surface area contributed by atoms with E-state index in [0.717, 1.165) is 11.8 Å². The van der Waals surface area contributed by atoms with Crippen LogP contribution < -0.4 is 4.72 Å². The molecule has 0 bridgehead atoms. The van der Waals surface area contributed by atoms with E-state index >= 15 is 0 Å². The molecule has 1 atom stereocenters. The fourth-order valence-electron chi connectivity index (χ4n) is 3.90. The van der Waals surface area contributed by atoms with Crippen molar-refractivity contribution in [1.29, 1.82) is 0 Å². The summed E-state index contributed by atoms with van der Waals surface area (Å²) in [6.07, 6.45) is 6.07. The first-order chi connectivity index (χ1) is 17.5. The van der Waals surface area contributed by atoms with Crippen LogP contribution in [0.15, 0.2) is 48.9 Å². The summed E-state index contributed by atoms with van der Waals surface area (Å²) in [5.74, 6) is -1.70. The van der Waals surface area contributed by atoms with Gasteiger partial charge in [-0.3, -0.25) is 9.67 Å². The van der Waals surface area contributed by atoms with Crippen molar-refractivity contribution in [3.8, 4) is 22.6 Å². The fraction of sp³-hybridized carbons (Fsp3) is 0.320. The Kier molecular flexibility index (Phi) is 7.69. The van der Waals surface area contributed by atoms with Crippen LogP contribution in [0.1, 0.15) is 49.6 Å². The smallest absolute Gasteiger partial charge is 0.208 e. The van der Waals surface area contributed by atoms with Crippen LogP contribution in [0, 0.1) is 11.6 Å². The molecule has 0 aliphatic carbocycles. The Morgan fingerprint density at radius 1 is 1.00 bits per heavy atom. The Hall–Kier alpha value is -3.64. The van der Waals surface area contributed by atoms with Gasteiger partial charge in [-0.25, -0.2) is 26.9 Å². The van der Waals surface area contributed by atoms with Crippen molar-refractivity contribution >= 4 is 10.0 Å². The third kappa shape index (κ3) is 6.20. The number of nitrogens with one attached hydrogen (secondary N) is 1. The van der Waals surface area contributed by atoms with E-state index in [0.29, 0.717) is 29.3 Å². The zero-order valence-electron chi connectivity index (χ0n) is 20.9. The van der Waals surface area contributed by atoms with Gasteiger partial charge >= 0.3 is 0 Å². The van der Waals surface area contributed by atoms with Gasteiger partial charge in [0.25, 0.3) is 0 Å². The highest BCUT2D eigenvalue weighted by Gasteiger charge is 2.22. The SMILES string of the molecule is CC(C)c1cc(-c2c(F)cccc2F)nnc1C(C)c1cncc(-c2ccn(CCNS(C)(=O)=O)n2)n1. The molecule has 4 rings (SSSR count). The average Bonchev–Trinajstić information content (AvgIpc) is 3.31. The second-order valence-electron chi connectivity index (χ2n) is 9.00. The molecule has 0 aliphatic heterocycles. The van der Waals surface area contributed by atoms with Gasteiger partial charge in [-0.05, 0) is 35.7 Å². The number of rotatable bonds is 9. The Morgan fingerprint density at radius 2 is 1.73 bits per heavy atom. The van der Waals surface area contributed by atoms with E-state index in [1.165, 1.54) is 18.2 Å². The third-order valence-electron chi connectivity index (χ3n) is 5.81. The highest BCUT2D eigenvalue weighted by molar-refractivity contribution is 7.88. The molecule has 1 N–H and O–H groups in total. The van der Waals surface area contributed by atoms with Gasteiger partial charge in [0, 0.05) is 24.9 Å². The normalized spacial score (nSPS) is 12.7. The number of hydrogen-bond acceptors (Lipinski definition) is 7. The van der Waals surface area contributed by atoms with Crippen molar-refractivity contribution in [3.05, 3.63) is 77.5 Å². The van der Waals surface area contributed by atoms with E-state index in [1.54, 1.807) is 35.4 Å². The predicted octanol–water partition coefficient (Wildman–Crippen LogP) is 3.90. The lowest BCUT2D eigenvalue weighted by atomic mass is 9.92. The summed E-state index contributed by atoms with van der Waals surface area (Å²) in [7, 11) is -3.28. The van der Waals surface area contributed by atoms with Crippen LogP contribution in [0.2, 0.25) is 0 Å². The Morgan fingerprint density at radius 3 is 2.41 bits per heavy atom. The van der Waals surface area contributed by atoms with Gasteiger partial charge in [0.2, 0.25) is 10.0 Å². The Bertz CT molecular complexity index is 1500. The van der Waals surface area contributed by atoms with Crippen molar-refractivity contribution in [2.45, 2.75) is 39.2 Å². The van der Waals surface area contributed by atoms with Crippen molar-refractivity contribution in [2.24, 2.45) is 0 Å². The van der Waals surface area contributed by atoms with Crippen LogP contribution >= 0.6 is 0 Å². The fourth-order valence-corrected chi connectivity index (χ4v) is 4.36. The molecule has 0 aliphatic rings. The number of aromatic nitrogens is 6. The number of benzene rings is 1. The van der Waals surface area contributed by atoms with Gasteiger partial charge in [0.1, 0.15) is 23.0 Å². The van der Waals surface area contributed by atoms with Crippen molar-refractivity contribution in [1.82, 2.24) is 34.7 Å². The molecule has 1 unspecified atom stereocenters. The van der Waals surface area contributed by atoms with Crippen molar-refractivity contribution in [2.75, 3.05) is 12.8 Å². The second kappa shape index (κ2) is 10.8. The summed E-state index contributed by atoms with van der Waals surface area (Å²) in [6, 6.07) is 7.14. The van der Waals surface area contributed by atoms with E-state index in [4.69, 9.17) is 4.98 Å². The first-order valence-electron chi connectivity index (χ1n) is 11.7. The van der Waals surface area contributed by atoms with E-state index in [2.05, 4.69) is 25.0 Å². The molecule has 1 aromatic carbocycles. The summed E-state index contributed by atoms with van der Waals surface area (Å²) < 4.78 is 55.3. The molecule has 3 aromatic heterocycles. The molecule has 9 nitrogen and oxygen atoms in total. The minimum atomic E-state index is -3.28. The standard InChI is InChI=1S/C25H27F2N7O2S/c1-15(2)17-12-21(24-18(26)6-5-7-19(24)27)31-32-25(17)16(3)22-13-28-14-23(30-22)20-8-10-34(33-20)11-9-29-37(4,35)36/h5-8,10,12-16,29H,9,11H2,1-4H3. The third-order valence-corrected chi connectivity index (χ3v) is 6.54. The van der Waals surface area contributed by atoms with Crippen LogP contribution in [0.25, 0.3) is 22.6 Å². The lowest BCUT2D eigenvalue weighted by Crippen LogP contribution is -2.26. The molecular formula is C25H27F2N7O2S. The van der Waals surface area contributed by atoms with Gasteiger partial charge < -0.3 is 0 Å². The second-order valence-corrected chi connectivity index (χ2v) is 10.8. The summed E-state index contributed by atoms with van der Waals surface area (Å²) in [4.78, 5) is 9.05. The highest BCUT2D eigenvalue weighted by Crippen LogP contribution is 2.32. The highest BCUT2D eigenvalue weighted by atomic mass is 32.2. The molecule has 0 radical (unpaired) electrons. The maximum absolute atomic E-state index is 14.4. The topological polar surface area (TPSA) is 116 Å². The molecule has 0 spiro atoms. The van der Waals surface area contributed by atoms with E-state index in [1.807, 2.05) is 20.8 Å². The molecular weight excluding hydrogens is 500 g/mol. The monoisotopic (exact) mass is 527 g/mol. The zero-order chi connectivity index (χ0) is 26.7. The first kappa shape index (κ1) is 26.4. The average molecular weight is 528 g/mol. The lowest BCUT2D eigenvalue weighted by Gasteiger charge is -2.18. The van der Waals surface area contributed by atoms with Gasteiger partial charge in [-0.1, -0.05) is 26.8 Å². The molecule has 0 amide bonds. The molecule has 194 valence electrons. The number of sulfonamides is 1. The van der Waals surface area contributed by atoms with Crippen LogP contribution in [-0.4, -0.2) is 51.2 Å².